The molecule has 0 spiro atoms. The van der Waals surface area contributed by atoms with E-state index in [4.69, 9.17) is 6.42 Å². The van der Waals surface area contributed by atoms with Crippen LogP contribution in [0, 0.1) is 12.3 Å². The molecule has 0 saturated heterocycles. The molecule has 2 atom stereocenters. The molecule has 1 aliphatic heterocycles. The SMILES string of the molecule is C#CCCCCC(=O)Nc1ccc(C2Nc3ccc(C(=O)c4ccccc4)cc3NC3=C2C(=O)CC(c2ccccc2)C3)cc1. The quantitative estimate of drug-likeness (QED) is 0.104. The van der Waals surface area contributed by atoms with Crippen molar-refractivity contribution in [2.75, 3.05) is 16.0 Å². The van der Waals surface area contributed by atoms with Gasteiger partial charge >= 0.3 is 0 Å². The first-order valence-electron chi connectivity index (χ1n) is 15.4. The number of carbonyl (C=O) groups is 3. The molecule has 0 aromatic heterocycles. The second-order valence-corrected chi connectivity index (χ2v) is 11.6. The number of allylic oxidation sites excluding steroid dienone is 1. The van der Waals surface area contributed by atoms with E-state index in [2.05, 4.69) is 34.0 Å². The van der Waals surface area contributed by atoms with Crippen LogP contribution in [0.3, 0.4) is 0 Å². The number of carbonyl (C=O) groups excluding carboxylic acids is 3. The van der Waals surface area contributed by atoms with Crippen LogP contribution in [-0.4, -0.2) is 17.5 Å². The van der Waals surface area contributed by atoms with Gasteiger partial charge in [-0.25, -0.2) is 0 Å². The van der Waals surface area contributed by atoms with Crippen molar-refractivity contribution in [2.45, 2.75) is 50.5 Å². The molecule has 6 heteroatoms. The summed E-state index contributed by atoms with van der Waals surface area (Å²) in [6.45, 7) is 0. The third-order valence-corrected chi connectivity index (χ3v) is 8.47. The molecule has 1 amide bonds. The number of nitrogens with one attached hydrogen (secondary N) is 3. The summed E-state index contributed by atoms with van der Waals surface area (Å²) >= 11 is 0. The zero-order valence-corrected chi connectivity index (χ0v) is 25.0. The van der Waals surface area contributed by atoms with E-state index in [9.17, 15) is 14.4 Å². The second kappa shape index (κ2) is 13.5. The smallest absolute Gasteiger partial charge is 0.224 e. The molecule has 2 unspecified atom stereocenters. The Bertz CT molecular complexity index is 1790. The standard InChI is InChI=1S/C39H35N3O3/c1-2-3-4-11-16-36(44)40-31-20-17-27(18-21-31)38-37-34(24-30(25-35(37)43)26-12-7-5-8-13-26)41-33-23-29(19-22-32(33)42-38)39(45)28-14-9-6-10-15-28/h1,5-10,12-15,17-23,30,38,41-42H,3-4,11,16,24-25H2,(H,40,44). The fourth-order valence-corrected chi connectivity index (χ4v) is 6.15. The molecule has 2 aliphatic rings. The topological polar surface area (TPSA) is 87.3 Å². The number of Topliss-reactive ketones (excluding diaryl/α,β-unsaturated/α-hetero) is 1. The van der Waals surface area contributed by atoms with E-state index in [1.807, 2.05) is 91.0 Å². The maximum atomic E-state index is 14.0. The van der Waals surface area contributed by atoms with Gasteiger partial charge < -0.3 is 16.0 Å². The van der Waals surface area contributed by atoms with Crippen LogP contribution in [-0.2, 0) is 9.59 Å². The maximum absolute atomic E-state index is 14.0. The number of terminal acetylenes is 1. The van der Waals surface area contributed by atoms with E-state index in [-0.39, 0.29) is 23.4 Å². The average molecular weight is 594 g/mol. The molecule has 6 nitrogen and oxygen atoms in total. The predicted molar refractivity (Wildman–Crippen MR) is 179 cm³/mol. The first kappa shape index (κ1) is 29.7. The lowest BCUT2D eigenvalue weighted by molar-refractivity contribution is -0.117. The van der Waals surface area contributed by atoms with Crippen molar-refractivity contribution in [3.8, 4) is 12.3 Å². The van der Waals surface area contributed by atoms with Crippen molar-refractivity contribution >= 4 is 34.5 Å². The highest BCUT2D eigenvalue weighted by molar-refractivity contribution is 6.10. The molecule has 1 heterocycles. The van der Waals surface area contributed by atoms with Gasteiger partial charge in [-0.05, 0) is 66.6 Å². The average Bonchev–Trinajstić information content (AvgIpc) is 3.24. The number of amides is 1. The molecule has 6 rings (SSSR count). The van der Waals surface area contributed by atoms with E-state index in [1.165, 1.54) is 0 Å². The summed E-state index contributed by atoms with van der Waals surface area (Å²) in [5, 5.41) is 10.2. The summed E-state index contributed by atoms with van der Waals surface area (Å²) in [7, 11) is 0. The maximum Gasteiger partial charge on any atom is 0.224 e. The van der Waals surface area contributed by atoms with Crippen molar-refractivity contribution in [1.82, 2.24) is 0 Å². The van der Waals surface area contributed by atoms with Crippen LogP contribution in [0.5, 0.6) is 0 Å². The molecular formula is C39H35N3O3. The summed E-state index contributed by atoms with van der Waals surface area (Å²) in [5.41, 5.74) is 7.01. The molecule has 0 fully saturated rings. The number of hydrogen-bond donors (Lipinski definition) is 3. The second-order valence-electron chi connectivity index (χ2n) is 11.6. The van der Waals surface area contributed by atoms with Crippen LogP contribution in [0.25, 0.3) is 0 Å². The number of hydrogen-bond acceptors (Lipinski definition) is 5. The third kappa shape index (κ3) is 6.73. The van der Waals surface area contributed by atoms with Crippen LogP contribution in [0.15, 0.2) is 114 Å². The summed E-state index contributed by atoms with van der Waals surface area (Å²) in [6.07, 6.45) is 9.03. The van der Waals surface area contributed by atoms with Crippen molar-refractivity contribution in [2.24, 2.45) is 0 Å². The number of ketones is 2. The van der Waals surface area contributed by atoms with Gasteiger partial charge in [-0.1, -0.05) is 72.8 Å². The van der Waals surface area contributed by atoms with Gasteiger partial charge in [0.1, 0.15) is 0 Å². The number of fused-ring (bicyclic) bond motifs is 1. The van der Waals surface area contributed by atoms with Crippen molar-refractivity contribution in [1.29, 1.82) is 0 Å². The van der Waals surface area contributed by atoms with E-state index >= 15 is 0 Å². The highest BCUT2D eigenvalue weighted by Crippen LogP contribution is 2.44. The summed E-state index contributed by atoms with van der Waals surface area (Å²) < 4.78 is 0. The summed E-state index contributed by atoms with van der Waals surface area (Å²) in [5.74, 6) is 2.61. The molecular weight excluding hydrogens is 558 g/mol. The van der Waals surface area contributed by atoms with Crippen LogP contribution < -0.4 is 16.0 Å². The van der Waals surface area contributed by atoms with Gasteiger partial charge in [0, 0.05) is 47.3 Å². The fourth-order valence-electron chi connectivity index (χ4n) is 6.15. The lowest BCUT2D eigenvalue weighted by Gasteiger charge is -2.30. The van der Waals surface area contributed by atoms with Gasteiger partial charge in [0.25, 0.3) is 0 Å². The Hall–Kier alpha value is -5.41. The Balaban J connectivity index is 1.32. The van der Waals surface area contributed by atoms with E-state index in [0.29, 0.717) is 48.1 Å². The van der Waals surface area contributed by atoms with E-state index in [0.717, 1.165) is 41.0 Å². The van der Waals surface area contributed by atoms with Crippen LogP contribution in [0.1, 0.15) is 77.5 Å². The number of unbranched alkanes of at least 4 members (excludes halogenated alkanes) is 2. The minimum absolute atomic E-state index is 0.0412. The molecule has 224 valence electrons. The number of benzene rings is 4. The number of rotatable bonds is 9. The lowest BCUT2D eigenvalue weighted by Crippen LogP contribution is -2.26. The number of anilines is 3. The van der Waals surface area contributed by atoms with Gasteiger partial charge in [0.2, 0.25) is 5.91 Å². The Morgan fingerprint density at radius 2 is 1.53 bits per heavy atom. The van der Waals surface area contributed by atoms with Crippen LogP contribution in [0.4, 0.5) is 17.1 Å². The molecule has 3 N–H and O–H groups in total. The minimum atomic E-state index is -0.415. The van der Waals surface area contributed by atoms with E-state index < -0.39 is 6.04 Å². The third-order valence-electron chi connectivity index (χ3n) is 8.47. The predicted octanol–water partition coefficient (Wildman–Crippen LogP) is 8.03. The van der Waals surface area contributed by atoms with Gasteiger partial charge in [0.05, 0.1) is 17.4 Å². The largest absolute Gasteiger partial charge is 0.372 e. The van der Waals surface area contributed by atoms with Crippen LogP contribution in [0.2, 0.25) is 0 Å². The van der Waals surface area contributed by atoms with Crippen molar-refractivity contribution in [3.05, 3.63) is 137 Å². The molecule has 0 saturated carbocycles. The summed E-state index contributed by atoms with van der Waals surface area (Å²) in [6, 6.07) is 32.2. The summed E-state index contributed by atoms with van der Waals surface area (Å²) in [4.78, 5) is 39.7. The van der Waals surface area contributed by atoms with Gasteiger partial charge in [-0.2, -0.15) is 0 Å². The fraction of sp³-hybridized carbons (Fsp3) is 0.205. The van der Waals surface area contributed by atoms with E-state index in [1.54, 1.807) is 0 Å². The highest BCUT2D eigenvalue weighted by atomic mass is 16.1. The highest BCUT2D eigenvalue weighted by Gasteiger charge is 2.36. The van der Waals surface area contributed by atoms with Gasteiger partial charge in [0.15, 0.2) is 11.6 Å². The monoisotopic (exact) mass is 593 g/mol. The first-order valence-corrected chi connectivity index (χ1v) is 15.4. The van der Waals surface area contributed by atoms with Gasteiger partial charge in [-0.3, -0.25) is 14.4 Å². The molecule has 0 radical (unpaired) electrons. The molecule has 0 bridgehead atoms. The Morgan fingerprint density at radius 3 is 2.27 bits per heavy atom. The lowest BCUT2D eigenvalue weighted by atomic mass is 9.78. The molecule has 45 heavy (non-hydrogen) atoms. The zero-order chi connectivity index (χ0) is 31.2. The Labute approximate surface area is 264 Å². The van der Waals surface area contributed by atoms with Crippen molar-refractivity contribution in [3.63, 3.8) is 0 Å². The minimum Gasteiger partial charge on any atom is -0.372 e. The molecule has 1 aliphatic carbocycles. The molecule has 4 aromatic carbocycles. The van der Waals surface area contributed by atoms with Gasteiger partial charge in [-0.15, -0.1) is 12.3 Å². The Morgan fingerprint density at radius 1 is 0.800 bits per heavy atom. The zero-order valence-electron chi connectivity index (χ0n) is 25.0. The Kier molecular flexibility index (Phi) is 8.89. The molecule has 4 aromatic rings. The van der Waals surface area contributed by atoms with Crippen molar-refractivity contribution < 1.29 is 14.4 Å². The first-order chi connectivity index (χ1) is 22.0. The normalized spacial score (nSPS) is 17.1. The van der Waals surface area contributed by atoms with Crippen LogP contribution >= 0.6 is 0 Å².